The molecule has 0 unspecified atom stereocenters. The lowest BCUT2D eigenvalue weighted by Gasteiger charge is -2.27. The van der Waals surface area contributed by atoms with Gasteiger partial charge in [-0.2, -0.15) is 5.26 Å². The van der Waals surface area contributed by atoms with Crippen molar-refractivity contribution in [1.82, 2.24) is 10.0 Å². The summed E-state index contributed by atoms with van der Waals surface area (Å²) in [7, 11) is -3.43. The number of sulfonamides is 1. The Bertz CT molecular complexity index is 496. The second kappa shape index (κ2) is 3.90. The molecule has 2 N–H and O–H groups in total. The third kappa shape index (κ3) is 2.18. The van der Waals surface area contributed by atoms with Crippen molar-refractivity contribution in [3.63, 3.8) is 0 Å². The molecule has 5 nitrogen and oxygen atoms in total. The van der Waals surface area contributed by atoms with Crippen LogP contribution in [0.1, 0.15) is 4.88 Å². The summed E-state index contributed by atoms with van der Waals surface area (Å²) in [6.07, 6.45) is 0. The summed E-state index contributed by atoms with van der Waals surface area (Å²) in [4.78, 5) is 0.405. The van der Waals surface area contributed by atoms with E-state index >= 15 is 0 Å². The Morgan fingerprint density at radius 2 is 2.27 bits per heavy atom. The summed E-state index contributed by atoms with van der Waals surface area (Å²) < 4.78 is 26.2. The number of rotatable bonds is 3. The predicted molar refractivity (Wildman–Crippen MR) is 56.0 cm³/mol. The zero-order chi connectivity index (χ0) is 10.9. The molecular weight excluding hydrogens is 234 g/mol. The van der Waals surface area contributed by atoms with Crippen LogP contribution in [0.25, 0.3) is 0 Å². The van der Waals surface area contributed by atoms with Crippen molar-refractivity contribution >= 4 is 21.4 Å². The van der Waals surface area contributed by atoms with Gasteiger partial charge in [0.05, 0.1) is 0 Å². The normalized spacial score (nSPS) is 17.0. The standard InChI is InChI=1S/C8H9N3O2S2/c9-3-7-1-2-8(14-7)15(12,13)11-6-4-10-5-6/h1-2,6,10-11H,4-5H2. The number of hydrogen-bond acceptors (Lipinski definition) is 5. The maximum atomic E-state index is 11.7. The first-order chi connectivity index (χ1) is 7.12. The van der Waals surface area contributed by atoms with E-state index < -0.39 is 10.0 Å². The Balaban J connectivity index is 2.17. The molecule has 0 radical (unpaired) electrons. The zero-order valence-corrected chi connectivity index (χ0v) is 9.36. The van der Waals surface area contributed by atoms with Gasteiger partial charge in [-0.05, 0) is 12.1 Å². The summed E-state index contributed by atoms with van der Waals surface area (Å²) in [5, 5.41) is 11.6. The smallest absolute Gasteiger partial charge is 0.250 e. The van der Waals surface area contributed by atoms with Crippen LogP contribution in [-0.4, -0.2) is 27.5 Å². The Hall–Kier alpha value is -0.940. The maximum absolute atomic E-state index is 11.7. The molecule has 1 aromatic heterocycles. The average Bonchev–Trinajstić information content (AvgIpc) is 2.60. The molecule has 1 saturated heterocycles. The van der Waals surface area contributed by atoms with Crippen LogP contribution in [0.3, 0.4) is 0 Å². The Morgan fingerprint density at radius 1 is 1.53 bits per heavy atom. The molecule has 1 aliphatic heterocycles. The first-order valence-electron chi connectivity index (χ1n) is 4.35. The zero-order valence-electron chi connectivity index (χ0n) is 7.73. The van der Waals surface area contributed by atoms with Crippen LogP contribution in [0.15, 0.2) is 16.3 Å². The molecule has 2 heterocycles. The number of nitrogens with zero attached hydrogens (tertiary/aromatic N) is 1. The SMILES string of the molecule is N#Cc1ccc(S(=O)(=O)NC2CNC2)s1. The van der Waals surface area contributed by atoms with Crippen molar-refractivity contribution in [2.75, 3.05) is 13.1 Å². The van der Waals surface area contributed by atoms with Crippen LogP contribution in [-0.2, 0) is 10.0 Å². The van der Waals surface area contributed by atoms with Crippen LogP contribution in [0, 0.1) is 11.3 Å². The molecular formula is C8H9N3O2S2. The van der Waals surface area contributed by atoms with Crippen molar-refractivity contribution in [3.05, 3.63) is 17.0 Å². The van der Waals surface area contributed by atoms with Crippen molar-refractivity contribution in [2.45, 2.75) is 10.3 Å². The van der Waals surface area contributed by atoms with E-state index in [2.05, 4.69) is 10.0 Å². The molecule has 0 aliphatic carbocycles. The summed E-state index contributed by atoms with van der Waals surface area (Å²) in [6, 6.07) is 4.86. The second-order valence-corrected chi connectivity index (χ2v) is 6.23. The monoisotopic (exact) mass is 243 g/mol. The lowest BCUT2D eigenvalue weighted by atomic mass is 10.2. The van der Waals surface area contributed by atoms with Gasteiger partial charge < -0.3 is 5.32 Å². The quantitative estimate of drug-likeness (QED) is 0.775. The van der Waals surface area contributed by atoms with Crippen molar-refractivity contribution in [1.29, 1.82) is 5.26 Å². The van der Waals surface area contributed by atoms with Crippen molar-refractivity contribution in [3.8, 4) is 6.07 Å². The van der Waals surface area contributed by atoms with E-state index in [4.69, 9.17) is 5.26 Å². The highest BCUT2D eigenvalue weighted by atomic mass is 32.2. The molecule has 0 amide bonds. The molecule has 1 aromatic rings. The molecule has 15 heavy (non-hydrogen) atoms. The highest BCUT2D eigenvalue weighted by Gasteiger charge is 2.25. The first-order valence-corrected chi connectivity index (χ1v) is 6.65. The van der Waals surface area contributed by atoms with Crippen LogP contribution >= 0.6 is 11.3 Å². The maximum Gasteiger partial charge on any atom is 0.250 e. The van der Waals surface area contributed by atoms with Gasteiger partial charge in [-0.1, -0.05) is 0 Å². The lowest BCUT2D eigenvalue weighted by Crippen LogP contribution is -2.56. The Kier molecular flexibility index (Phi) is 2.75. The summed E-state index contributed by atoms with van der Waals surface area (Å²) in [5.74, 6) is 0. The minimum absolute atomic E-state index is 0.0253. The minimum Gasteiger partial charge on any atom is -0.313 e. The van der Waals surface area contributed by atoms with E-state index in [0.29, 0.717) is 18.0 Å². The van der Waals surface area contributed by atoms with Crippen LogP contribution in [0.4, 0.5) is 0 Å². The van der Waals surface area contributed by atoms with Gasteiger partial charge in [-0.3, -0.25) is 0 Å². The van der Waals surface area contributed by atoms with Crippen molar-refractivity contribution in [2.24, 2.45) is 0 Å². The summed E-state index contributed by atoms with van der Waals surface area (Å²) in [6.45, 7) is 1.32. The van der Waals surface area contributed by atoms with E-state index in [0.717, 1.165) is 11.3 Å². The van der Waals surface area contributed by atoms with Gasteiger partial charge in [-0.25, -0.2) is 13.1 Å². The third-order valence-corrected chi connectivity index (χ3v) is 5.06. The van der Waals surface area contributed by atoms with Crippen molar-refractivity contribution < 1.29 is 8.42 Å². The van der Waals surface area contributed by atoms with E-state index in [-0.39, 0.29) is 10.3 Å². The molecule has 0 bridgehead atoms. The average molecular weight is 243 g/mol. The van der Waals surface area contributed by atoms with Crippen LogP contribution in [0.5, 0.6) is 0 Å². The van der Waals surface area contributed by atoms with E-state index in [9.17, 15) is 8.42 Å². The highest BCUT2D eigenvalue weighted by molar-refractivity contribution is 7.91. The molecule has 80 valence electrons. The van der Waals surface area contributed by atoms with Gasteiger partial charge in [0, 0.05) is 19.1 Å². The molecule has 0 spiro atoms. The largest absolute Gasteiger partial charge is 0.313 e. The lowest BCUT2D eigenvalue weighted by molar-refractivity contribution is 0.410. The highest BCUT2D eigenvalue weighted by Crippen LogP contribution is 2.20. The number of hydrogen-bond donors (Lipinski definition) is 2. The fraction of sp³-hybridized carbons (Fsp3) is 0.375. The number of thiophene rings is 1. The fourth-order valence-electron chi connectivity index (χ4n) is 1.17. The molecule has 1 aliphatic rings. The van der Waals surface area contributed by atoms with Crippen LogP contribution in [0.2, 0.25) is 0 Å². The fourth-order valence-corrected chi connectivity index (χ4v) is 3.53. The molecule has 0 atom stereocenters. The summed E-state index contributed by atoms with van der Waals surface area (Å²) >= 11 is 0.984. The first kappa shape index (κ1) is 10.6. The Morgan fingerprint density at radius 3 is 2.73 bits per heavy atom. The van der Waals surface area contributed by atoms with Gasteiger partial charge in [0.2, 0.25) is 10.0 Å². The third-order valence-electron chi connectivity index (χ3n) is 2.06. The molecule has 2 rings (SSSR count). The van der Waals surface area contributed by atoms with Gasteiger partial charge in [0.25, 0.3) is 0 Å². The van der Waals surface area contributed by atoms with Gasteiger partial charge in [0.1, 0.15) is 15.2 Å². The van der Waals surface area contributed by atoms with Gasteiger partial charge >= 0.3 is 0 Å². The molecule has 0 saturated carbocycles. The Labute approximate surface area is 91.8 Å². The number of nitriles is 1. The van der Waals surface area contributed by atoms with E-state index in [1.54, 1.807) is 0 Å². The topological polar surface area (TPSA) is 82.0 Å². The second-order valence-electron chi connectivity index (χ2n) is 3.21. The molecule has 0 aromatic carbocycles. The van der Waals surface area contributed by atoms with Crippen LogP contribution < -0.4 is 10.0 Å². The molecule has 7 heteroatoms. The minimum atomic E-state index is -3.43. The van der Waals surface area contributed by atoms with Gasteiger partial charge in [0.15, 0.2) is 0 Å². The van der Waals surface area contributed by atoms with E-state index in [1.807, 2.05) is 6.07 Å². The predicted octanol–water partition coefficient (Wildman–Crippen LogP) is -0.130. The summed E-state index contributed by atoms with van der Waals surface area (Å²) in [5.41, 5.74) is 0. The van der Waals surface area contributed by atoms with E-state index in [1.165, 1.54) is 12.1 Å². The number of nitrogens with one attached hydrogen (secondary N) is 2. The van der Waals surface area contributed by atoms with Gasteiger partial charge in [-0.15, -0.1) is 11.3 Å². The molecule has 1 fully saturated rings.